The van der Waals surface area contributed by atoms with Crippen molar-refractivity contribution in [2.24, 2.45) is 0 Å². The molecule has 1 aromatic carbocycles. The molecule has 0 aromatic heterocycles. The number of hydrogen-bond donors (Lipinski definition) is 0. The van der Waals surface area contributed by atoms with Crippen LogP contribution in [0, 0.1) is 5.82 Å². The van der Waals surface area contributed by atoms with E-state index < -0.39 is 26.1 Å². The molecule has 1 radical (unpaired) electrons. The fraction of sp³-hybridized carbons (Fsp3) is 0.600. The van der Waals surface area contributed by atoms with Crippen LogP contribution >= 0.6 is 0 Å². The van der Waals surface area contributed by atoms with Gasteiger partial charge in [0.25, 0.3) is 0 Å². The summed E-state index contributed by atoms with van der Waals surface area (Å²) in [5, 5.41) is 4.40. The normalized spacial score (nSPS) is 24.2. The topological polar surface area (TPSA) is 57.5 Å². The minimum absolute atomic E-state index is 0.0530. The lowest BCUT2D eigenvalue weighted by Crippen LogP contribution is -2.54. The molecule has 0 spiro atoms. The Balaban J connectivity index is 2.78. The van der Waals surface area contributed by atoms with Crippen molar-refractivity contribution < 1.29 is 17.5 Å². The van der Waals surface area contributed by atoms with Crippen LogP contribution in [0.1, 0.15) is 39.7 Å². The lowest BCUT2D eigenvalue weighted by molar-refractivity contribution is 0.0547. The minimum Gasteiger partial charge on any atom is -0.487 e. The van der Waals surface area contributed by atoms with E-state index in [0.29, 0.717) is 17.9 Å². The first kappa shape index (κ1) is 16.2. The molecule has 21 heavy (non-hydrogen) atoms. The van der Waals surface area contributed by atoms with E-state index in [9.17, 15) is 12.8 Å². The molecule has 1 atom stereocenters. The Morgan fingerprint density at radius 1 is 1.33 bits per heavy atom. The summed E-state index contributed by atoms with van der Waals surface area (Å²) in [4.78, 5) is -1.43. The van der Waals surface area contributed by atoms with Crippen LogP contribution in [-0.4, -0.2) is 26.3 Å². The van der Waals surface area contributed by atoms with E-state index in [1.165, 1.54) is 18.2 Å². The standard InChI is InChI=1S/C15H21FNO3S/c1-5-17-15(21(18,19)6-2)10-14(3,4)20-13-8-7-11(16)9-12(13)15/h7-9H,5-6,10H2,1-4H3. The van der Waals surface area contributed by atoms with Gasteiger partial charge in [0.1, 0.15) is 17.2 Å². The summed E-state index contributed by atoms with van der Waals surface area (Å²) in [5.41, 5.74) is -0.378. The summed E-state index contributed by atoms with van der Waals surface area (Å²) in [7, 11) is -3.56. The van der Waals surface area contributed by atoms with Crippen LogP contribution in [0.15, 0.2) is 18.2 Å². The van der Waals surface area contributed by atoms with Gasteiger partial charge in [-0.1, -0.05) is 13.8 Å². The second-order valence-corrected chi connectivity index (χ2v) is 8.32. The number of nitrogens with zero attached hydrogens (tertiary/aromatic N) is 1. The van der Waals surface area contributed by atoms with E-state index in [4.69, 9.17) is 4.74 Å². The molecule has 0 aliphatic carbocycles. The van der Waals surface area contributed by atoms with Gasteiger partial charge in [0.15, 0.2) is 14.7 Å². The van der Waals surface area contributed by atoms with Gasteiger partial charge in [-0.25, -0.2) is 18.1 Å². The third-order valence-corrected chi connectivity index (χ3v) is 6.00. The number of benzene rings is 1. The van der Waals surface area contributed by atoms with Crippen LogP contribution in [0.4, 0.5) is 4.39 Å². The molecular weight excluding hydrogens is 293 g/mol. The van der Waals surface area contributed by atoms with E-state index in [-0.39, 0.29) is 12.2 Å². The van der Waals surface area contributed by atoms with Crippen LogP contribution in [-0.2, 0) is 14.7 Å². The third kappa shape index (κ3) is 2.66. The molecule has 117 valence electrons. The maximum atomic E-state index is 13.7. The molecule has 2 rings (SSSR count). The second kappa shape index (κ2) is 5.25. The van der Waals surface area contributed by atoms with Crippen molar-refractivity contribution in [1.29, 1.82) is 0 Å². The summed E-state index contributed by atoms with van der Waals surface area (Å²) in [5.74, 6) is -0.149. The SMILES string of the molecule is CC[N]C1(S(=O)(=O)CC)CC(C)(C)Oc2ccc(F)cc21. The molecule has 1 aliphatic rings. The number of halogens is 1. The Labute approximate surface area is 125 Å². The lowest BCUT2D eigenvalue weighted by Gasteiger charge is -2.44. The van der Waals surface area contributed by atoms with Gasteiger partial charge in [-0.15, -0.1) is 0 Å². The number of ether oxygens (including phenoxy) is 1. The van der Waals surface area contributed by atoms with Gasteiger partial charge < -0.3 is 4.74 Å². The molecule has 1 aliphatic heterocycles. The zero-order chi connectivity index (χ0) is 15.9. The molecule has 0 amide bonds. The zero-order valence-electron chi connectivity index (χ0n) is 12.8. The molecule has 6 heteroatoms. The average Bonchev–Trinajstić information content (AvgIpc) is 2.39. The van der Waals surface area contributed by atoms with Gasteiger partial charge in [-0.05, 0) is 32.0 Å². The van der Waals surface area contributed by atoms with Crippen LogP contribution in [0.3, 0.4) is 0 Å². The van der Waals surface area contributed by atoms with E-state index in [0.717, 1.165) is 0 Å². The van der Waals surface area contributed by atoms with Crippen molar-refractivity contribution >= 4 is 9.84 Å². The fourth-order valence-corrected chi connectivity index (χ4v) is 4.78. The maximum absolute atomic E-state index is 13.7. The highest BCUT2D eigenvalue weighted by molar-refractivity contribution is 7.92. The Hall–Kier alpha value is -1.14. The molecule has 0 bridgehead atoms. The summed E-state index contributed by atoms with van der Waals surface area (Å²) in [6.45, 7) is 7.36. The van der Waals surface area contributed by atoms with Gasteiger partial charge in [-0.2, -0.15) is 0 Å². The summed E-state index contributed by atoms with van der Waals surface area (Å²) in [6.07, 6.45) is 0.181. The molecule has 0 N–H and O–H groups in total. The Morgan fingerprint density at radius 3 is 2.57 bits per heavy atom. The first-order valence-corrected chi connectivity index (χ1v) is 8.72. The Bertz CT molecular complexity index is 642. The van der Waals surface area contributed by atoms with Crippen molar-refractivity contribution in [1.82, 2.24) is 5.32 Å². The number of fused-ring (bicyclic) bond motifs is 1. The molecule has 0 fully saturated rings. The number of rotatable bonds is 4. The van der Waals surface area contributed by atoms with Crippen LogP contribution in [0.25, 0.3) is 0 Å². The predicted octanol–water partition coefficient (Wildman–Crippen LogP) is 2.60. The van der Waals surface area contributed by atoms with Gasteiger partial charge >= 0.3 is 0 Å². The molecule has 0 saturated heterocycles. The van der Waals surface area contributed by atoms with E-state index in [1.807, 2.05) is 13.8 Å². The van der Waals surface area contributed by atoms with Crippen molar-refractivity contribution in [3.63, 3.8) is 0 Å². The Morgan fingerprint density at radius 2 is 2.00 bits per heavy atom. The summed E-state index contributed by atoms with van der Waals surface area (Å²) in [6, 6.07) is 3.99. The van der Waals surface area contributed by atoms with Crippen LogP contribution < -0.4 is 10.1 Å². The van der Waals surface area contributed by atoms with Crippen molar-refractivity contribution in [2.75, 3.05) is 12.3 Å². The third-order valence-electron chi connectivity index (χ3n) is 3.72. The van der Waals surface area contributed by atoms with E-state index in [2.05, 4.69) is 5.32 Å². The molecule has 1 heterocycles. The predicted molar refractivity (Wildman–Crippen MR) is 79.5 cm³/mol. The van der Waals surface area contributed by atoms with E-state index >= 15 is 0 Å². The van der Waals surface area contributed by atoms with Gasteiger partial charge in [0, 0.05) is 24.3 Å². The van der Waals surface area contributed by atoms with Crippen molar-refractivity contribution in [2.45, 2.75) is 44.6 Å². The first-order chi connectivity index (χ1) is 9.67. The zero-order valence-corrected chi connectivity index (χ0v) is 13.6. The number of sulfone groups is 1. The maximum Gasteiger partial charge on any atom is 0.174 e. The molecule has 1 unspecified atom stereocenters. The highest BCUT2D eigenvalue weighted by Gasteiger charge is 2.53. The van der Waals surface area contributed by atoms with Gasteiger partial charge in [0.05, 0.1) is 0 Å². The fourth-order valence-electron chi connectivity index (χ4n) is 2.91. The smallest absolute Gasteiger partial charge is 0.174 e. The molecule has 0 saturated carbocycles. The van der Waals surface area contributed by atoms with Crippen molar-refractivity contribution in [3.8, 4) is 5.75 Å². The summed E-state index contributed by atoms with van der Waals surface area (Å²) >= 11 is 0. The second-order valence-electron chi connectivity index (χ2n) is 5.84. The first-order valence-electron chi connectivity index (χ1n) is 7.07. The molecular formula is C15H21FNO3S. The minimum atomic E-state index is -3.56. The highest BCUT2D eigenvalue weighted by Crippen LogP contribution is 2.47. The Kier molecular flexibility index (Phi) is 4.06. The highest BCUT2D eigenvalue weighted by atomic mass is 32.2. The molecule has 1 aromatic rings. The van der Waals surface area contributed by atoms with E-state index in [1.54, 1.807) is 13.8 Å². The van der Waals surface area contributed by atoms with Crippen LogP contribution in [0.5, 0.6) is 5.75 Å². The monoisotopic (exact) mass is 314 g/mol. The molecule has 4 nitrogen and oxygen atoms in total. The summed E-state index contributed by atoms with van der Waals surface area (Å²) < 4.78 is 45.0. The average molecular weight is 314 g/mol. The largest absolute Gasteiger partial charge is 0.487 e. The lowest BCUT2D eigenvalue weighted by atomic mass is 9.89. The van der Waals surface area contributed by atoms with Gasteiger partial charge in [0.2, 0.25) is 0 Å². The van der Waals surface area contributed by atoms with Crippen LogP contribution in [0.2, 0.25) is 0 Å². The van der Waals surface area contributed by atoms with Crippen molar-refractivity contribution in [3.05, 3.63) is 29.6 Å². The quantitative estimate of drug-likeness (QED) is 0.858. The van der Waals surface area contributed by atoms with Gasteiger partial charge in [-0.3, -0.25) is 0 Å². The number of hydrogen-bond acceptors (Lipinski definition) is 3.